The molecule has 0 bridgehead atoms. The third kappa shape index (κ3) is 3.26. The third-order valence-electron chi connectivity index (χ3n) is 2.34. The fourth-order valence-corrected chi connectivity index (χ4v) is 1.20. The van der Waals surface area contributed by atoms with E-state index in [1.165, 1.54) is 7.11 Å². The van der Waals surface area contributed by atoms with E-state index in [4.69, 9.17) is 4.74 Å². The second kappa shape index (κ2) is 5.57. The Morgan fingerprint density at radius 2 is 1.83 bits per heavy atom. The summed E-state index contributed by atoms with van der Waals surface area (Å²) in [4.78, 5) is 21.7. The van der Waals surface area contributed by atoms with E-state index in [9.17, 15) is 18.4 Å². The smallest absolute Gasteiger partial charge is 0.381 e. The van der Waals surface area contributed by atoms with Crippen LogP contribution in [0.5, 0.6) is 5.75 Å². The minimum atomic E-state index is -3.98. The number of ketones is 1. The number of halogens is 2. The first-order chi connectivity index (χ1) is 8.37. The average Bonchev–Trinajstić information content (AvgIpc) is 2.36. The number of carbonyl (C=O) groups excluding carboxylic acids is 2. The lowest BCUT2D eigenvalue weighted by Crippen LogP contribution is -2.44. The van der Waals surface area contributed by atoms with Gasteiger partial charge in [0.05, 0.1) is 7.11 Å². The van der Waals surface area contributed by atoms with Crippen molar-refractivity contribution in [3.8, 4) is 5.75 Å². The molecule has 0 aliphatic rings. The molecule has 0 saturated carbocycles. The molecule has 4 nitrogen and oxygen atoms in total. The molecule has 98 valence electrons. The average molecular weight is 257 g/mol. The quantitative estimate of drug-likeness (QED) is 0.814. The highest BCUT2D eigenvalue weighted by atomic mass is 19.3. The van der Waals surface area contributed by atoms with Gasteiger partial charge in [-0.3, -0.25) is 9.59 Å². The summed E-state index contributed by atoms with van der Waals surface area (Å²) in [5, 5.41) is 2.01. The van der Waals surface area contributed by atoms with Gasteiger partial charge < -0.3 is 10.1 Å². The van der Waals surface area contributed by atoms with Gasteiger partial charge in [0.1, 0.15) is 5.75 Å². The van der Waals surface area contributed by atoms with Crippen molar-refractivity contribution in [3.05, 3.63) is 29.8 Å². The van der Waals surface area contributed by atoms with Gasteiger partial charge in [0.15, 0.2) is 0 Å². The Kier molecular flexibility index (Phi) is 4.36. The predicted octanol–water partition coefficient (Wildman–Crippen LogP) is 1.54. The topological polar surface area (TPSA) is 55.4 Å². The lowest BCUT2D eigenvalue weighted by Gasteiger charge is -2.12. The van der Waals surface area contributed by atoms with E-state index in [-0.39, 0.29) is 6.54 Å². The Morgan fingerprint density at radius 1 is 1.28 bits per heavy atom. The van der Waals surface area contributed by atoms with Crippen LogP contribution in [0.15, 0.2) is 24.3 Å². The number of Topliss-reactive ketones (excluding diaryl/α,β-unsaturated/α-hetero) is 1. The van der Waals surface area contributed by atoms with Crippen molar-refractivity contribution in [2.24, 2.45) is 0 Å². The molecule has 0 atom stereocenters. The molecule has 1 aromatic carbocycles. The van der Waals surface area contributed by atoms with Gasteiger partial charge in [-0.2, -0.15) is 8.78 Å². The molecule has 1 aromatic rings. The summed E-state index contributed by atoms with van der Waals surface area (Å²) in [6, 6.07) is 6.55. The predicted molar refractivity (Wildman–Crippen MR) is 60.5 cm³/mol. The maximum absolute atomic E-state index is 13.0. The number of methoxy groups -OCH3 is 1. The summed E-state index contributed by atoms with van der Waals surface area (Å²) in [5.74, 6) is -6.42. The van der Waals surface area contributed by atoms with Crippen molar-refractivity contribution >= 4 is 11.7 Å². The summed E-state index contributed by atoms with van der Waals surface area (Å²) in [6.45, 7) is 0.596. The normalized spacial score (nSPS) is 10.9. The van der Waals surface area contributed by atoms with E-state index in [1.807, 2.05) is 5.32 Å². The van der Waals surface area contributed by atoms with E-state index in [0.717, 1.165) is 0 Å². The number of carbonyl (C=O) groups is 2. The van der Waals surface area contributed by atoms with Crippen LogP contribution in [0.3, 0.4) is 0 Å². The molecule has 0 aliphatic heterocycles. The Morgan fingerprint density at radius 3 is 2.28 bits per heavy atom. The minimum absolute atomic E-state index is 0.0777. The molecule has 0 radical (unpaired) electrons. The monoisotopic (exact) mass is 257 g/mol. The van der Waals surface area contributed by atoms with Gasteiger partial charge >= 0.3 is 5.92 Å². The minimum Gasteiger partial charge on any atom is -0.497 e. The van der Waals surface area contributed by atoms with E-state index in [2.05, 4.69) is 0 Å². The molecule has 0 unspecified atom stereocenters. The first-order valence-electron chi connectivity index (χ1n) is 5.18. The molecule has 1 rings (SSSR count). The first-order valence-corrected chi connectivity index (χ1v) is 5.18. The van der Waals surface area contributed by atoms with Crippen LogP contribution in [0.2, 0.25) is 0 Å². The van der Waals surface area contributed by atoms with Gasteiger partial charge in [0.2, 0.25) is 5.78 Å². The Balaban J connectivity index is 2.60. The molecule has 0 aromatic heterocycles. The highest BCUT2D eigenvalue weighted by Crippen LogP contribution is 2.15. The molecule has 18 heavy (non-hydrogen) atoms. The van der Waals surface area contributed by atoms with Crippen LogP contribution in [0.25, 0.3) is 0 Å². The largest absolute Gasteiger partial charge is 0.497 e. The number of rotatable bonds is 5. The first kappa shape index (κ1) is 14.1. The third-order valence-corrected chi connectivity index (χ3v) is 2.34. The van der Waals surface area contributed by atoms with Crippen molar-refractivity contribution in [1.29, 1.82) is 0 Å². The number of alkyl halides is 2. The molecule has 0 heterocycles. The zero-order valence-electron chi connectivity index (χ0n) is 10.00. The fourth-order valence-electron chi connectivity index (χ4n) is 1.20. The van der Waals surface area contributed by atoms with Gasteiger partial charge in [0.25, 0.3) is 5.91 Å². The summed E-state index contributed by atoms with van der Waals surface area (Å²) in [5.41, 5.74) is 0.628. The van der Waals surface area contributed by atoms with E-state index >= 15 is 0 Å². The number of nitrogens with one attached hydrogen (secondary N) is 1. The second-order valence-corrected chi connectivity index (χ2v) is 3.66. The van der Waals surface area contributed by atoms with Crippen molar-refractivity contribution in [2.45, 2.75) is 19.4 Å². The van der Waals surface area contributed by atoms with Gasteiger partial charge in [-0.15, -0.1) is 0 Å². The molecule has 0 spiro atoms. The Bertz CT molecular complexity index is 443. The van der Waals surface area contributed by atoms with Crippen molar-refractivity contribution in [2.75, 3.05) is 7.11 Å². The van der Waals surface area contributed by atoms with Crippen molar-refractivity contribution < 1.29 is 23.1 Å². The summed E-state index contributed by atoms with van der Waals surface area (Å²) in [7, 11) is 1.50. The Labute approximate surface area is 103 Å². The maximum atomic E-state index is 13.0. The number of hydrogen-bond donors (Lipinski definition) is 1. The molecule has 6 heteroatoms. The number of benzene rings is 1. The van der Waals surface area contributed by atoms with Gasteiger partial charge in [-0.1, -0.05) is 12.1 Å². The standard InChI is InChI=1S/C12H13F2NO3/c1-8(16)12(13,14)11(17)15-7-9-3-5-10(18-2)6-4-9/h3-6H,7H2,1-2H3,(H,15,17). The Hall–Kier alpha value is -1.98. The zero-order chi connectivity index (χ0) is 13.8. The summed E-state index contributed by atoms with van der Waals surface area (Å²) < 4.78 is 30.9. The van der Waals surface area contributed by atoms with Crippen LogP contribution < -0.4 is 10.1 Å². The molecule has 1 N–H and O–H groups in total. The summed E-state index contributed by atoms with van der Waals surface area (Å²) in [6.07, 6.45) is 0. The lowest BCUT2D eigenvalue weighted by atomic mass is 10.2. The van der Waals surface area contributed by atoms with Crippen molar-refractivity contribution in [3.63, 3.8) is 0 Å². The van der Waals surface area contributed by atoms with Gasteiger partial charge in [-0.25, -0.2) is 0 Å². The molecular formula is C12H13F2NO3. The number of amides is 1. The molecule has 1 amide bonds. The SMILES string of the molecule is COc1ccc(CNC(=O)C(F)(F)C(C)=O)cc1. The van der Waals surface area contributed by atoms with Gasteiger partial charge in [0, 0.05) is 13.5 Å². The van der Waals surface area contributed by atoms with Crippen LogP contribution in [0.4, 0.5) is 8.78 Å². The van der Waals surface area contributed by atoms with Crippen LogP contribution in [0.1, 0.15) is 12.5 Å². The molecule has 0 aliphatic carbocycles. The van der Waals surface area contributed by atoms with E-state index in [1.54, 1.807) is 24.3 Å². The van der Waals surface area contributed by atoms with E-state index in [0.29, 0.717) is 18.2 Å². The van der Waals surface area contributed by atoms with Crippen molar-refractivity contribution in [1.82, 2.24) is 5.32 Å². The molecule has 0 saturated heterocycles. The lowest BCUT2D eigenvalue weighted by molar-refractivity contribution is -0.157. The van der Waals surface area contributed by atoms with Crippen LogP contribution in [-0.4, -0.2) is 24.7 Å². The highest BCUT2D eigenvalue weighted by Gasteiger charge is 2.43. The van der Waals surface area contributed by atoms with Gasteiger partial charge in [-0.05, 0) is 17.7 Å². The van der Waals surface area contributed by atoms with E-state index < -0.39 is 17.6 Å². The van der Waals surface area contributed by atoms with Crippen LogP contribution >= 0.6 is 0 Å². The van der Waals surface area contributed by atoms with Crippen LogP contribution in [0, 0.1) is 0 Å². The fraction of sp³-hybridized carbons (Fsp3) is 0.333. The second-order valence-electron chi connectivity index (χ2n) is 3.66. The highest BCUT2D eigenvalue weighted by molar-refractivity contribution is 6.06. The molecular weight excluding hydrogens is 244 g/mol. The molecule has 0 fully saturated rings. The number of hydrogen-bond acceptors (Lipinski definition) is 3. The van der Waals surface area contributed by atoms with Crippen LogP contribution in [-0.2, 0) is 16.1 Å². The maximum Gasteiger partial charge on any atom is 0.381 e. The zero-order valence-corrected chi connectivity index (χ0v) is 10.00. The number of ether oxygens (including phenoxy) is 1. The summed E-state index contributed by atoms with van der Waals surface area (Å²) >= 11 is 0.